The van der Waals surface area contributed by atoms with E-state index in [4.69, 9.17) is 4.55 Å². The molecule has 0 aliphatic rings. The standard InChI is InChI=1S/C9H14O7S/c1-7(2)9(11)16-5-3-4-15-8(10)6-17(12,13)14/h1,3-6H2,2H3,(H,12,13,14). The Morgan fingerprint density at radius 1 is 1.24 bits per heavy atom. The Morgan fingerprint density at radius 2 is 1.76 bits per heavy atom. The van der Waals surface area contributed by atoms with Crippen LogP contribution in [0.1, 0.15) is 13.3 Å². The van der Waals surface area contributed by atoms with Crippen LogP contribution in [-0.2, 0) is 29.2 Å². The Kier molecular flexibility index (Phi) is 6.44. The number of esters is 2. The van der Waals surface area contributed by atoms with Crippen molar-refractivity contribution in [3.8, 4) is 0 Å². The van der Waals surface area contributed by atoms with Gasteiger partial charge in [0.1, 0.15) is 0 Å². The molecule has 0 aromatic rings. The molecule has 0 rings (SSSR count). The molecule has 98 valence electrons. The van der Waals surface area contributed by atoms with E-state index in [9.17, 15) is 18.0 Å². The average molecular weight is 266 g/mol. The summed E-state index contributed by atoms with van der Waals surface area (Å²) in [5.41, 5.74) is 0.258. The lowest BCUT2D eigenvalue weighted by Crippen LogP contribution is -2.19. The molecular weight excluding hydrogens is 252 g/mol. The van der Waals surface area contributed by atoms with E-state index < -0.39 is 27.8 Å². The molecule has 0 unspecified atom stereocenters. The maximum atomic E-state index is 10.9. The summed E-state index contributed by atoms with van der Waals surface area (Å²) < 4.78 is 38.0. The first-order valence-corrected chi connectivity index (χ1v) is 6.26. The predicted molar refractivity (Wildman–Crippen MR) is 57.8 cm³/mol. The van der Waals surface area contributed by atoms with E-state index in [2.05, 4.69) is 16.1 Å². The molecule has 0 aliphatic heterocycles. The second kappa shape index (κ2) is 7.02. The molecule has 0 aromatic carbocycles. The molecule has 7 nitrogen and oxygen atoms in total. The Morgan fingerprint density at radius 3 is 2.24 bits per heavy atom. The summed E-state index contributed by atoms with van der Waals surface area (Å²) in [6, 6.07) is 0. The van der Waals surface area contributed by atoms with Gasteiger partial charge in [-0.15, -0.1) is 0 Å². The van der Waals surface area contributed by atoms with Crippen molar-refractivity contribution in [3.63, 3.8) is 0 Å². The minimum Gasteiger partial charge on any atom is -0.465 e. The minimum atomic E-state index is -4.36. The van der Waals surface area contributed by atoms with Gasteiger partial charge in [-0.3, -0.25) is 9.35 Å². The first-order valence-electron chi connectivity index (χ1n) is 4.66. The minimum absolute atomic E-state index is 0.0326. The Bertz CT molecular complexity index is 396. The van der Waals surface area contributed by atoms with E-state index in [0.29, 0.717) is 0 Å². The van der Waals surface area contributed by atoms with Gasteiger partial charge in [0.05, 0.1) is 13.2 Å². The lowest BCUT2D eigenvalue weighted by atomic mass is 10.4. The summed E-state index contributed by atoms with van der Waals surface area (Å²) in [4.78, 5) is 21.7. The molecule has 0 heterocycles. The Balaban J connectivity index is 3.63. The van der Waals surface area contributed by atoms with E-state index in [1.807, 2.05) is 0 Å². The summed E-state index contributed by atoms with van der Waals surface area (Å²) in [6.07, 6.45) is 0.232. The largest absolute Gasteiger partial charge is 0.465 e. The van der Waals surface area contributed by atoms with Gasteiger partial charge in [0.15, 0.2) is 5.75 Å². The van der Waals surface area contributed by atoms with Crippen molar-refractivity contribution >= 4 is 22.1 Å². The van der Waals surface area contributed by atoms with Gasteiger partial charge in [0, 0.05) is 12.0 Å². The third-order valence-electron chi connectivity index (χ3n) is 1.43. The van der Waals surface area contributed by atoms with Crippen molar-refractivity contribution < 1.29 is 32.0 Å². The van der Waals surface area contributed by atoms with Gasteiger partial charge < -0.3 is 9.47 Å². The molecule has 0 atom stereocenters. The molecule has 0 amide bonds. The molecule has 0 radical (unpaired) electrons. The van der Waals surface area contributed by atoms with Gasteiger partial charge in [0.2, 0.25) is 0 Å². The maximum Gasteiger partial charge on any atom is 0.333 e. The zero-order valence-corrected chi connectivity index (χ0v) is 10.2. The number of hydrogen-bond donors (Lipinski definition) is 1. The van der Waals surface area contributed by atoms with Crippen LogP contribution in [0.25, 0.3) is 0 Å². The first kappa shape index (κ1) is 15.6. The smallest absolute Gasteiger partial charge is 0.333 e. The van der Waals surface area contributed by atoms with Gasteiger partial charge in [-0.2, -0.15) is 8.42 Å². The molecule has 0 spiro atoms. The summed E-state index contributed by atoms with van der Waals surface area (Å²) in [7, 11) is -4.36. The molecular formula is C9H14O7S. The van der Waals surface area contributed by atoms with Crippen molar-refractivity contribution in [2.75, 3.05) is 19.0 Å². The lowest BCUT2D eigenvalue weighted by molar-refractivity contribution is -0.142. The molecule has 17 heavy (non-hydrogen) atoms. The molecule has 0 saturated carbocycles. The predicted octanol–water partition coefficient (Wildman–Crippen LogP) is -0.0732. The van der Waals surface area contributed by atoms with E-state index >= 15 is 0 Å². The van der Waals surface area contributed by atoms with Crippen LogP contribution in [0.5, 0.6) is 0 Å². The van der Waals surface area contributed by atoms with Gasteiger partial charge in [0.25, 0.3) is 10.1 Å². The molecule has 0 aromatic heterocycles. The van der Waals surface area contributed by atoms with Crippen molar-refractivity contribution in [2.45, 2.75) is 13.3 Å². The summed E-state index contributed by atoms with van der Waals surface area (Å²) >= 11 is 0. The first-order chi connectivity index (χ1) is 7.72. The monoisotopic (exact) mass is 266 g/mol. The van der Waals surface area contributed by atoms with Crippen molar-refractivity contribution in [1.82, 2.24) is 0 Å². The Hall–Kier alpha value is -1.41. The normalized spacial score (nSPS) is 10.7. The summed E-state index contributed by atoms with van der Waals surface area (Å²) in [5.74, 6) is -2.69. The zero-order chi connectivity index (χ0) is 13.5. The molecule has 1 N–H and O–H groups in total. The average Bonchev–Trinajstić information content (AvgIpc) is 2.13. The molecule has 0 aliphatic carbocycles. The highest BCUT2D eigenvalue weighted by atomic mass is 32.2. The van der Waals surface area contributed by atoms with Crippen LogP contribution in [0.2, 0.25) is 0 Å². The second-order valence-corrected chi connectivity index (χ2v) is 4.67. The van der Waals surface area contributed by atoms with E-state index in [1.165, 1.54) is 6.92 Å². The number of carbonyl (C=O) groups excluding carboxylic acids is 2. The van der Waals surface area contributed by atoms with Crippen LogP contribution >= 0.6 is 0 Å². The fourth-order valence-corrected chi connectivity index (χ4v) is 1.10. The zero-order valence-electron chi connectivity index (χ0n) is 9.34. The highest BCUT2D eigenvalue weighted by molar-refractivity contribution is 7.86. The van der Waals surface area contributed by atoms with E-state index in [0.717, 1.165) is 0 Å². The fraction of sp³-hybridized carbons (Fsp3) is 0.556. The van der Waals surface area contributed by atoms with Crippen LogP contribution in [-0.4, -0.2) is 43.9 Å². The van der Waals surface area contributed by atoms with Crippen molar-refractivity contribution in [3.05, 3.63) is 12.2 Å². The second-order valence-electron chi connectivity index (χ2n) is 3.22. The third-order valence-corrected chi connectivity index (χ3v) is 2.03. The number of carbonyl (C=O) groups is 2. The van der Waals surface area contributed by atoms with Gasteiger partial charge in [-0.25, -0.2) is 4.79 Å². The number of hydrogen-bond acceptors (Lipinski definition) is 6. The number of ether oxygens (including phenoxy) is 2. The lowest BCUT2D eigenvalue weighted by Gasteiger charge is -2.05. The van der Waals surface area contributed by atoms with E-state index in [1.54, 1.807) is 0 Å². The maximum absolute atomic E-state index is 10.9. The SMILES string of the molecule is C=C(C)C(=O)OCCCOC(=O)CS(=O)(=O)O. The van der Waals surface area contributed by atoms with Crippen LogP contribution in [0.15, 0.2) is 12.2 Å². The van der Waals surface area contributed by atoms with Crippen LogP contribution in [0.3, 0.4) is 0 Å². The number of rotatable bonds is 7. The van der Waals surface area contributed by atoms with Crippen molar-refractivity contribution in [2.24, 2.45) is 0 Å². The van der Waals surface area contributed by atoms with Crippen molar-refractivity contribution in [1.29, 1.82) is 0 Å². The van der Waals surface area contributed by atoms with Crippen LogP contribution in [0.4, 0.5) is 0 Å². The highest BCUT2D eigenvalue weighted by Crippen LogP contribution is 1.94. The highest BCUT2D eigenvalue weighted by Gasteiger charge is 2.13. The Labute approximate surface area is 99.1 Å². The molecule has 8 heteroatoms. The summed E-state index contributed by atoms with van der Waals surface area (Å²) in [5, 5.41) is 0. The molecule has 0 saturated heterocycles. The fourth-order valence-electron chi connectivity index (χ4n) is 0.724. The van der Waals surface area contributed by atoms with Crippen LogP contribution < -0.4 is 0 Å². The molecule has 0 fully saturated rings. The van der Waals surface area contributed by atoms with Gasteiger partial charge in [-0.05, 0) is 6.92 Å². The summed E-state index contributed by atoms with van der Waals surface area (Å²) in [6.45, 7) is 4.80. The third kappa shape index (κ3) is 9.52. The topological polar surface area (TPSA) is 107 Å². The van der Waals surface area contributed by atoms with Crippen LogP contribution in [0, 0.1) is 0 Å². The van der Waals surface area contributed by atoms with E-state index in [-0.39, 0.29) is 25.2 Å². The molecule has 0 bridgehead atoms. The van der Waals surface area contributed by atoms with Gasteiger partial charge >= 0.3 is 11.9 Å². The van der Waals surface area contributed by atoms with Gasteiger partial charge in [-0.1, -0.05) is 6.58 Å². The quantitative estimate of drug-likeness (QED) is 0.297.